The number of fused-ring (bicyclic) bond motifs is 1. The lowest BCUT2D eigenvalue weighted by atomic mass is 10.1. The maximum absolute atomic E-state index is 12.3. The highest BCUT2D eigenvalue weighted by atomic mass is 35.5. The zero-order valence-electron chi connectivity index (χ0n) is 10.1. The second-order valence-corrected chi connectivity index (χ2v) is 5.52. The summed E-state index contributed by atoms with van der Waals surface area (Å²) in [6.45, 7) is 4.50. The molecular weight excluding hydrogens is 271 g/mol. The number of nitrogens with zero attached hydrogens (tertiary/aromatic N) is 2. The Bertz CT molecular complexity index is 549. The molecule has 18 heavy (non-hydrogen) atoms. The van der Waals surface area contributed by atoms with Gasteiger partial charge < -0.3 is 4.90 Å². The highest BCUT2D eigenvalue weighted by Crippen LogP contribution is 2.41. The van der Waals surface area contributed by atoms with Gasteiger partial charge in [-0.1, -0.05) is 37.0 Å². The summed E-state index contributed by atoms with van der Waals surface area (Å²) in [7, 11) is 0. The summed E-state index contributed by atoms with van der Waals surface area (Å²) in [4.78, 5) is 13.8. The largest absolute Gasteiger partial charge is 0.318 e. The summed E-state index contributed by atoms with van der Waals surface area (Å²) in [5.41, 5.74) is 0.911. The van der Waals surface area contributed by atoms with E-state index in [1.807, 2.05) is 13.8 Å². The number of hydrogen-bond donors (Lipinski definition) is 0. The number of carbonyl (C=O) groups excluding carboxylic acids is 1. The van der Waals surface area contributed by atoms with Gasteiger partial charge in [-0.25, -0.2) is 0 Å². The molecule has 1 aliphatic rings. The average molecular weight is 283 g/mol. The SMILES string of the molecule is CC(C)CN1C(=O)c2c(Cl)ccc(Cl)c2C1C#N. The highest BCUT2D eigenvalue weighted by molar-refractivity contribution is 6.37. The first-order chi connectivity index (χ1) is 8.47. The maximum atomic E-state index is 12.3. The first-order valence-corrected chi connectivity index (χ1v) is 6.41. The van der Waals surface area contributed by atoms with Crippen LogP contribution in [0.4, 0.5) is 0 Å². The molecule has 0 fully saturated rings. The first kappa shape index (κ1) is 13.2. The Balaban J connectivity index is 2.57. The Morgan fingerprint density at radius 2 is 2.00 bits per heavy atom. The monoisotopic (exact) mass is 282 g/mol. The first-order valence-electron chi connectivity index (χ1n) is 5.65. The second-order valence-electron chi connectivity index (χ2n) is 4.70. The van der Waals surface area contributed by atoms with Crippen LogP contribution >= 0.6 is 23.2 Å². The van der Waals surface area contributed by atoms with Crippen LogP contribution in [0.3, 0.4) is 0 Å². The molecule has 0 radical (unpaired) electrons. The number of amides is 1. The van der Waals surface area contributed by atoms with Crippen LogP contribution in [-0.2, 0) is 0 Å². The lowest BCUT2D eigenvalue weighted by molar-refractivity contribution is 0.0737. The molecule has 1 aliphatic heterocycles. The quantitative estimate of drug-likeness (QED) is 0.831. The molecule has 1 aromatic carbocycles. The van der Waals surface area contributed by atoms with E-state index in [2.05, 4.69) is 6.07 Å². The summed E-state index contributed by atoms with van der Waals surface area (Å²) in [5, 5.41) is 10.1. The Labute approximate surface area is 116 Å². The van der Waals surface area contributed by atoms with Crippen LogP contribution in [0, 0.1) is 17.2 Å². The van der Waals surface area contributed by atoms with Crippen LogP contribution in [0.1, 0.15) is 35.8 Å². The van der Waals surface area contributed by atoms with Crippen LogP contribution in [0.15, 0.2) is 12.1 Å². The maximum Gasteiger partial charge on any atom is 0.257 e. The number of carbonyl (C=O) groups is 1. The Hall–Kier alpha value is -1.24. The van der Waals surface area contributed by atoms with E-state index in [1.54, 1.807) is 12.1 Å². The van der Waals surface area contributed by atoms with Crippen LogP contribution in [0.25, 0.3) is 0 Å². The topological polar surface area (TPSA) is 44.1 Å². The normalized spacial score (nSPS) is 18.1. The van der Waals surface area contributed by atoms with Crippen molar-refractivity contribution in [1.29, 1.82) is 5.26 Å². The van der Waals surface area contributed by atoms with Gasteiger partial charge in [-0.2, -0.15) is 5.26 Å². The minimum atomic E-state index is -0.638. The van der Waals surface area contributed by atoms with Crippen molar-refractivity contribution >= 4 is 29.1 Å². The van der Waals surface area contributed by atoms with Crippen molar-refractivity contribution in [3.05, 3.63) is 33.3 Å². The molecule has 0 saturated carbocycles. The molecule has 3 nitrogen and oxygen atoms in total. The summed E-state index contributed by atoms with van der Waals surface area (Å²) in [6, 6.07) is 4.71. The van der Waals surface area contributed by atoms with Crippen molar-refractivity contribution < 1.29 is 4.79 Å². The zero-order valence-corrected chi connectivity index (χ0v) is 11.6. The van der Waals surface area contributed by atoms with Gasteiger partial charge in [0.15, 0.2) is 0 Å². The number of rotatable bonds is 2. The van der Waals surface area contributed by atoms with Gasteiger partial charge in [-0.05, 0) is 18.1 Å². The fourth-order valence-corrected chi connectivity index (χ4v) is 2.69. The fraction of sp³-hybridized carbons (Fsp3) is 0.385. The molecule has 1 aromatic rings. The van der Waals surface area contributed by atoms with Gasteiger partial charge in [0.05, 0.1) is 16.7 Å². The molecule has 2 rings (SSSR count). The van der Waals surface area contributed by atoms with E-state index in [1.165, 1.54) is 4.90 Å². The Morgan fingerprint density at radius 1 is 1.39 bits per heavy atom. The van der Waals surface area contributed by atoms with Gasteiger partial charge in [0, 0.05) is 17.1 Å². The molecule has 0 N–H and O–H groups in total. The van der Waals surface area contributed by atoms with Crippen molar-refractivity contribution in [3.63, 3.8) is 0 Å². The van der Waals surface area contributed by atoms with Crippen molar-refractivity contribution in [2.75, 3.05) is 6.54 Å². The Morgan fingerprint density at radius 3 is 2.56 bits per heavy atom. The molecule has 1 atom stereocenters. The molecular formula is C13H12Cl2N2O. The van der Waals surface area contributed by atoms with Crippen LogP contribution in [0.2, 0.25) is 10.0 Å². The third kappa shape index (κ3) is 1.96. The minimum absolute atomic E-state index is 0.210. The summed E-state index contributed by atoms with van der Waals surface area (Å²) in [6.07, 6.45) is 0. The Kier molecular flexibility index (Phi) is 3.52. The summed E-state index contributed by atoms with van der Waals surface area (Å²) in [5.74, 6) is 0.0643. The number of hydrogen-bond acceptors (Lipinski definition) is 2. The van der Waals surface area contributed by atoms with E-state index >= 15 is 0 Å². The van der Waals surface area contributed by atoms with Crippen LogP contribution in [0.5, 0.6) is 0 Å². The molecule has 0 aromatic heterocycles. The van der Waals surface area contributed by atoms with Crippen molar-refractivity contribution in [2.24, 2.45) is 5.92 Å². The van der Waals surface area contributed by atoms with E-state index in [9.17, 15) is 10.1 Å². The van der Waals surface area contributed by atoms with E-state index in [0.717, 1.165) is 0 Å². The van der Waals surface area contributed by atoms with Crippen LogP contribution < -0.4 is 0 Å². The minimum Gasteiger partial charge on any atom is -0.318 e. The van der Waals surface area contributed by atoms with E-state index < -0.39 is 6.04 Å². The molecule has 0 bridgehead atoms. The smallest absolute Gasteiger partial charge is 0.257 e. The van der Waals surface area contributed by atoms with Crippen molar-refractivity contribution in [1.82, 2.24) is 4.90 Å². The second kappa shape index (κ2) is 4.79. The van der Waals surface area contributed by atoms with E-state index in [0.29, 0.717) is 27.7 Å². The van der Waals surface area contributed by atoms with Gasteiger partial charge in [-0.3, -0.25) is 4.79 Å². The predicted octanol–water partition coefficient (Wildman–Crippen LogP) is 3.67. The third-order valence-electron chi connectivity index (χ3n) is 2.89. The average Bonchev–Trinajstić information content (AvgIpc) is 2.58. The van der Waals surface area contributed by atoms with Gasteiger partial charge in [-0.15, -0.1) is 0 Å². The molecule has 1 amide bonds. The molecule has 1 unspecified atom stereocenters. The molecule has 5 heteroatoms. The van der Waals surface area contributed by atoms with Crippen molar-refractivity contribution in [2.45, 2.75) is 19.9 Å². The van der Waals surface area contributed by atoms with E-state index in [4.69, 9.17) is 23.2 Å². The van der Waals surface area contributed by atoms with E-state index in [-0.39, 0.29) is 11.8 Å². The van der Waals surface area contributed by atoms with Crippen LogP contribution in [-0.4, -0.2) is 17.4 Å². The van der Waals surface area contributed by atoms with Gasteiger partial charge in [0.1, 0.15) is 6.04 Å². The third-order valence-corrected chi connectivity index (χ3v) is 3.53. The van der Waals surface area contributed by atoms with Gasteiger partial charge in [0.2, 0.25) is 0 Å². The molecule has 0 saturated heterocycles. The number of halogens is 2. The zero-order chi connectivity index (χ0) is 13.4. The fourth-order valence-electron chi connectivity index (χ4n) is 2.18. The number of nitriles is 1. The molecule has 1 heterocycles. The summed E-state index contributed by atoms with van der Waals surface area (Å²) >= 11 is 12.1. The molecule has 94 valence electrons. The highest BCUT2D eigenvalue weighted by Gasteiger charge is 2.40. The summed E-state index contributed by atoms with van der Waals surface area (Å²) < 4.78 is 0. The van der Waals surface area contributed by atoms with Gasteiger partial charge >= 0.3 is 0 Å². The lowest BCUT2D eigenvalue weighted by Crippen LogP contribution is -2.31. The predicted molar refractivity (Wildman–Crippen MR) is 70.7 cm³/mol. The number of benzene rings is 1. The lowest BCUT2D eigenvalue weighted by Gasteiger charge is -2.22. The standard InChI is InChI=1S/C13H12Cl2N2O/c1-7(2)6-17-10(5-16)11-8(14)3-4-9(15)12(11)13(17)18/h3-4,7,10H,6H2,1-2H3. The van der Waals surface area contributed by atoms with Gasteiger partial charge in [0.25, 0.3) is 5.91 Å². The molecule has 0 aliphatic carbocycles. The van der Waals surface area contributed by atoms with Crippen molar-refractivity contribution in [3.8, 4) is 6.07 Å². The molecule has 0 spiro atoms.